The molecule has 3 N–H and O–H groups in total. The van der Waals surface area contributed by atoms with Gasteiger partial charge in [-0.3, -0.25) is 9.52 Å². The van der Waals surface area contributed by atoms with E-state index in [0.29, 0.717) is 0 Å². The van der Waals surface area contributed by atoms with Gasteiger partial charge in [0, 0.05) is 0 Å². The molecular formula is C19H14ClFN2O4S. The topological polar surface area (TPSA) is 98.5 Å². The Morgan fingerprint density at radius 1 is 1.00 bits per heavy atom. The van der Waals surface area contributed by atoms with Gasteiger partial charge in [0.2, 0.25) is 5.91 Å². The summed E-state index contributed by atoms with van der Waals surface area (Å²) in [7, 11) is -4.14. The molecule has 0 atom stereocenters. The van der Waals surface area contributed by atoms with Crippen LogP contribution in [0, 0.1) is 5.82 Å². The zero-order chi connectivity index (χ0) is 20.3. The molecule has 0 heterocycles. The zero-order valence-corrected chi connectivity index (χ0v) is 15.8. The first-order chi connectivity index (χ1) is 13.3. The summed E-state index contributed by atoms with van der Waals surface area (Å²) in [5.74, 6) is -1.12. The number of anilines is 1. The van der Waals surface area contributed by atoms with E-state index in [1.165, 1.54) is 42.5 Å². The second-order valence-electron chi connectivity index (χ2n) is 5.64. The van der Waals surface area contributed by atoms with Gasteiger partial charge in [-0.05, 0) is 42.5 Å². The Balaban J connectivity index is 1.97. The Kier molecular flexibility index (Phi) is 5.53. The van der Waals surface area contributed by atoms with E-state index < -0.39 is 21.7 Å². The lowest BCUT2D eigenvalue weighted by molar-refractivity contribution is 0.0997. The molecule has 6 nitrogen and oxygen atoms in total. The lowest BCUT2D eigenvalue weighted by atomic mass is 10.2. The fourth-order valence-corrected chi connectivity index (χ4v) is 3.91. The van der Waals surface area contributed by atoms with Crippen LogP contribution in [0.2, 0.25) is 5.02 Å². The number of nitrogens with two attached hydrogens (primary N) is 1. The molecule has 0 aliphatic rings. The Hall–Kier alpha value is -3.10. The number of hydrogen-bond donors (Lipinski definition) is 2. The molecule has 0 saturated carbocycles. The van der Waals surface area contributed by atoms with Gasteiger partial charge in [-0.15, -0.1) is 0 Å². The second kappa shape index (κ2) is 7.87. The van der Waals surface area contributed by atoms with Gasteiger partial charge < -0.3 is 10.5 Å². The van der Waals surface area contributed by atoms with Crippen LogP contribution in [0.15, 0.2) is 71.6 Å². The summed E-state index contributed by atoms with van der Waals surface area (Å²) in [6.45, 7) is 0. The molecule has 9 heteroatoms. The second-order valence-corrected chi connectivity index (χ2v) is 7.70. The summed E-state index contributed by atoms with van der Waals surface area (Å²) in [6, 6.07) is 15.3. The number of amides is 1. The van der Waals surface area contributed by atoms with Crippen molar-refractivity contribution in [3.8, 4) is 11.5 Å². The van der Waals surface area contributed by atoms with Crippen molar-refractivity contribution in [1.82, 2.24) is 0 Å². The molecule has 3 aromatic rings. The molecule has 3 rings (SSSR count). The fraction of sp³-hybridized carbons (Fsp3) is 0. The highest BCUT2D eigenvalue weighted by Crippen LogP contribution is 2.35. The fourth-order valence-electron chi connectivity index (χ4n) is 2.42. The number of halogens is 2. The molecule has 144 valence electrons. The third-order valence-corrected chi connectivity index (χ3v) is 5.41. The van der Waals surface area contributed by atoms with E-state index in [1.807, 2.05) is 0 Å². The van der Waals surface area contributed by atoms with Gasteiger partial charge in [0.05, 0.1) is 16.3 Å². The van der Waals surface area contributed by atoms with Gasteiger partial charge in [-0.25, -0.2) is 12.8 Å². The number of sulfonamides is 1. The lowest BCUT2D eigenvalue weighted by Gasteiger charge is -2.15. The number of para-hydroxylation sites is 2. The van der Waals surface area contributed by atoms with E-state index >= 15 is 0 Å². The highest BCUT2D eigenvalue weighted by atomic mass is 35.5. The third-order valence-electron chi connectivity index (χ3n) is 3.69. The minimum Gasteiger partial charge on any atom is -0.454 e. The molecule has 0 radical (unpaired) electrons. The Bertz CT molecular complexity index is 1150. The third kappa shape index (κ3) is 4.24. The van der Waals surface area contributed by atoms with Gasteiger partial charge >= 0.3 is 0 Å². The minimum atomic E-state index is -4.14. The quantitative estimate of drug-likeness (QED) is 0.625. The van der Waals surface area contributed by atoms with Gasteiger partial charge in [-0.1, -0.05) is 35.9 Å². The smallest absolute Gasteiger partial charge is 0.262 e. The number of nitrogens with one attached hydrogen (secondary N) is 1. The van der Waals surface area contributed by atoms with E-state index in [4.69, 9.17) is 22.1 Å². The van der Waals surface area contributed by atoms with Crippen molar-refractivity contribution in [1.29, 1.82) is 0 Å². The van der Waals surface area contributed by atoms with Gasteiger partial charge in [-0.2, -0.15) is 0 Å². The summed E-state index contributed by atoms with van der Waals surface area (Å²) in [5.41, 5.74) is 5.22. The number of carbonyl (C=O) groups excluding carboxylic acids is 1. The minimum absolute atomic E-state index is 0.0248. The van der Waals surface area contributed by atoms with E-state index in [-0.39, 0.29) is 32.7 Å². The highest BCUT2D eigenvalue weighted by Gasteiger charge is 2.22. The first-order valence-corrected chi connectivity index (χ1v) is 9.77. The van der Waals surface area contributed by atoms with Crippen molar-refractivity contribution in [2.75, 3.05) is 4.72 Å². The molecule has 0 bridgehead atoms. The predicted molar refractivity (Wildman–Crippen MR) is 104 cm³/mol. The van der Waals surface area contributed by atoms with Crippen LogP contribution >= 0.6 is 11.6 Å². The predicted octanol–water partition coefficient (Wildman–Crippen LogP) is 4.17. The first kappa shape index (κ1) is 19.7. The summed E-state index contributed by atoms with van der Waals surface area (Å²) >= 11 is 5.96. The highest BCUT2D eigenvalue weighted by molar-refractivity contribution is 7.92. The number of primary amides is 1. The molecule has 0 aromatic heterocycles. The summed E-state index contributed by atoms with van der Waals surface area (Å²) in [4.78, 5) is 11.3. The maximum absolute atomic E-state index is 13.2. The standard InChI is InChI=1S/C19H14ClFN2O4S/c20-14-11-12(21)9-10-16(14)27-17-7-3-2-6-15(17)23-28(25,26)18-8-4-1-5-13(18)19(22)24/h1-11,23H,(H2,22,24). The van der Waals surface area contributed by atoms with E-state index in [1.54, 1.807) is 12.1 Å². The Morgan fingerprint density at radius 2 is 1.68 bits per heavy atom. The van der Waals surface area contributed by atoms with Crippen molar-refractivity contribution >= 4 is 33.2 Å². The van der Waals surface area contributed by atoms with Crippen LogP contribution in [0.3, 0.4) is 0 Å². The molecule has 0 saturated heterocycles. The monoisotopic (exact) mass is 420 g/mol. The van der Waals surface area contributed by atoms with Crippen molar-refractivity contribution < 1.29 is 22.3 Å². The van der Waals surface area contributed by atoms with E-state index in [9.17, 15) is 17.6 Å². The molecule has 0 fully saturated rings. The van der Waals surface area contributed by atoms with Crippen LogP contribution in [0.5, 0.6) is 11.5 Å². The number of carbonyl (C=O) groups is 1. The van der Waals surface area contributed by atoms with Gasteiger partial charge in [0.15, 0.2) is 5.75 Å². The maximum Gasteiger partial charge on any atom is 0.262 e. The molecule has 0 aliphatic carbocycles. The van der Waals surface area contributed by atoms with Crippen molar-refractivity contribution in [3.63, 3.8) is 0 Å². The first-order valence-electron chi connectivity index (χ1n) is 7.91. The summed E-state index contributed by atoms with van der Waals surface area (Å²) in [5, 5.41) is 0.0248. The molecule has 0 spiro atoms. The van der Waals surface area contributed by atoms with Crippen LogP contribution < -0.4 is 15.2 Å². The zero-order valence-electron chi connectivity index (χ0n) is 14.2. The largest absolute Gasteiger partial charge is 0.454 e. The van der Waals surface area contributed by atoms with E-state index in [0.717, 1.165) is 12.1 Å². The number of hydrogen-bond acceptors (Lipinski definition) is 4. The van der Waals surface area contributed by atoms with Crippen molar-refractivity contribution in [3.05, 3.63) is 83.1 Å². The average Bonchev–Trinajstić information content (AvgIpc) is 2.65. The molecule has 0 aliphatic heterocycles. The SMILES string of the molecule is NC(=O)c1ccccc1S(=O)(=O)Nc1ccccc1Oc1ccc(F)cc1Cl. The number of rotatable bonds is 6. The summed E-state index contributed by atoms with van der Waals surface area (Å²) < 4.78 is 46.8. The van der Waals surface area contributed by atoms with Gasteiger partial charge in [0.25, 0.3) is 10.0 Å². The van der Waals surface area contributed by atoms with Crippen molar-refractivity contribution in [2.45, 2.75) is 4.90 Å². The maximum atomic E-state index is 13.2. The van der Waals surface area contributed by atoms with Crippen LogP contribution in [0.1, 0.15) is 10.4 Å². The Morgan fingerprint density at radius 3 is 2.39 bits per heavy atom. The normalized spacial score (nSPS) is 11.1. The van der Waals surface area contributed by atoms with Gasteiger partial charge in [0.1, 0.15) is 16.5 Å². The number of benzene rings is 3. The van der Waals surface area contributed by atoms with Crippen LogP contribution in [0.25, 0.3) is 0 Å². The summed E-state index contributed by atoms with van der Waals surface area (Å²) in [6.07, 6.45) is 0. The molecule has 3 aromatic carbocycles. The number of ether oxygens (including phenoxy) is 1. The molecular weight excluding hydrogens is 407 g/mol. The average molecular weight is 421 g/mol. The van der Waals surface area contributed by atoms with E-state index in [2.05, 4.69) is 4.72 Å². The molecule has 0 unspecified atom stereocenters. The van der Waals surface area contributed by atoms with Crippen molar-refractivity contribution in [2.24, 2.45) is 5.73 Å². The van der Waals surface area contributed by atoms with Crippen LogP contribution in [0.4, 0.5) is 10.1 Å². The Labute approximate surface area is 165 Å². The van der Waals surface area contributed by atoms with Crippen LogP contribution in [-0.2, 0) is 10.0 Å². The molecule has 28 heavy (non-hydrogen) atoms. The lowest BCUT2D eigenvalue weighted by Crippen LogP contribution is -2.20. The van der Waals surface area contributed by atoms with Crippen LogP contribution in [-0.4, -0.2) is 14.3 Å². The molecule has 1 amide bonds.